The predicted molar refractivity (Wildman–Crippen MR) is 97.4 cm³/mol. The van der Waals surface area contributed by atoms with Gasteiger partial charge in [0.25, 0.3) is 0 Å². The topological polar surface area (TPSA) is 76.7 Å². The molecule has 3 rings (SSSR count). The van der Waals surface area contributed by atoms with Crippen LogP contribution in [0.4, 0.5) is 5.95 Å². The van der Waals surface area contributed by atoms with E-state index in [2.05, 4.69) is 39.3 Å². The molecule has 0 amide bonds. The minimum atomic E-state index is 0.262. The van der Waals surface area contributed by atoms with Crippen LogP contribution >= 0.6 is 0 Å². The molecular weight excluding hydrogens is 314 g/mol. The fourth-order valence-corrected chi connectivity index (χ4v) is 2.62. The van der Waals surface area contributed by atoms with E-state index in [4.69, 9.17) is 4.52 Å². The first-order chi connectivity index (χ1) is 12.1. The van der Waals surface area contributed by atoms with Crippen molar-refractivity contribution in [3.63, 3.8) is 0 Å². The number of rotatable bonds is 7. The summed E-state index contributed by atoms with van der Waals surface area (Å²) in [5.41, 5.74) is 3.80. The number of hydrogen-bond acceptors (Lipinski definition) is 6. The molecule has 0 aliphatic heterocycles. The average Bonchev–Trinajstić information content (AvgIpc) is 3.05. The standard InChI is InChI=1S/C19H23N5O/c1-13(2)18-16(17-11-14(3)24-25-17)12-22-19(23-18)21-10-6-8-15-7-4-5-9-20-15/h4-5,7,9,11-13H,6,8,10H2,1-3H3,(H,21,22,23). The van der Waals surface area contributed by atoms with Crippen molar-refractivity contribution in [2.24, 2.45) is 0 Å². The van der Waals surface area contributed by atoms with Crippen molar-refractivity contribution in [2.45, 2.75) is 39.5 Å². The summed E-state index contributed by atoms with van der Waals surface area (Å²) in [5.74, 6) is 1.62. The first-order valence-corrected chi connectivity index (χ1v) is 8.58. The van der Waals surface area contributed by atoms with Gasteiger partial charge in [0, 0.05) is 30.7 Å². The summed E-state index contributed by atoms with van der Waals surface area (Å²) in [6.07, 6.45) is 5.54. The smallest absolute Gasteiger partial charge is 0.222 e. The lowest BCUT2D eigenvalue weighted by molar-refractivity contribution is 0.426. The van der Waals surface area contributed by atoms with E-state index in [0.29, 0.717) is 11.7 Å². The fourth-order valence-electron chi connectivity index (χ4n) is 2.62. The van der Waals surface area contributed by atoms with Crippen molar-refractivity contribution < 1.29 is 4.52 Å². The van der Waals surface area contributed by atoms with Gasteiger partial charge in [-0.2, -0.15) is 0 Å². The number of aryl methyl sites for hydroxylation is 2. The molecule has 0 aliphatic rings. The third kappa shape index (κ3) is 4.41. The summed E-state index contributed by atoms with van der Waals surface area (Å²) in [4.78, 5) is 13.4. The summed E-state index contributed by atoms with van der Waals surface area (Å²) >= 11 is 0. The number of hydrogen-bond donors (Lipinski definition) is 1. The monoisotopic (exact) mass is 337 g/mol. The van der Waals surface area contributed by atoms with E-state index in [1.165, 1.54) is 0 Å². The highest BCUT2D eigenvalue weighted by atomic mass is 16.5. The molecule has 0 bridgehead atoms. The average molecular weight is 337 g/mol. The third-order valence-corrected chi connectivity index (χ3v) is 3.88. The number of anilines is 1. The third-order valence-electron chi connectivity index (χ3n) is 3.88. The molecule has 0 fully saturated rings. The van der Waals surface area contributed by atoms with Gasteiger partial charge in [0.15, 0.2) is 5.76 Å². The van der Waals surface area contributed by atoms with Crippen molar-refractivity contribution in [1.82, 2.24) is 20.1 Å². The van der Waals surface area contributed by atoms with Crippen LogP contribution in [0.2, 0.25) is 0 Å². The Morgan fingerprint density at radius 2 is 2.08 bits per heavy atom. The second kappa shape index (κ2) is 7.88. The van der Waals surface area contributed by atoms with Gasteiger partial charge in [-0.05, 0) is 37.8 Å². The van der Waals surface area contributed by atoms with E-state index < -0.39 is 0 Å². The molecule has 1 N–H and O–H groups in total. The van der Waals surface area contributed by atoms with Crippen LogP contribution in [0.25, 0.3) is 11.3 Å². The van der Waals surface area contributed by atoms with Crippen molar-refractivity contribution in [3.8, 4) is 11.3 Å². The molecule has 130 valence electrons. The maximum Gasteiger partial charge on any atom is 0.222 e. The van der Waals surface area contributed by atoms with Crippen LogP contribution in [0.1, 0.15) is 43.3 Å². The zero-order chi connectivity index (χ0) is 17.6. The molecule has 3 aromatic heterocycles. The normalized spacial score (nSPS) is 11.0. The van der Waals surface area contributed by atoms with Gasteiger partial charge in [-0.1, -0.05) is 25.1 Å². The van der Waals surface area contributed by atoms with Crippen molar-refractivity contribution in [3.05, 3.63) is 53.7 Å². The van der Waals surface area contributed by atoms with E-state index in [9.17, 15) is 0 Å². The molecule has 3 heterocycles. The number of pyridine rings is 1. The van der Waals surface area contributed by atoms with E-state index in [1.807, 2.05) is 43.6 Å². The summed E-state index contributed by atoms with van der Waals surface area (Å²) in [6, 6.07) is 7.89. The highest BCUT2D eigenvalue weighted by Crippen LogP contribution is 2.28. The highest BCUT2D eigenvalue weighted by Gasteiger charge is 2.16. The molecule has 0 saturated carbocycles. The maximum absolute atomic E-state index is 5.37. The molecule has 0 aromatic carbocycles. The Hall–Kier alpha value is -2.76. The van der Waals surface area contributed by atoms with Gasteiger partial charge in [0.05, 0.1) is 17.0 Å². The van der Waals surface area contributed by atoms with Gasteiger partial charge in [0.2, 0.25) is 5.95 Å². The molecular formula is C19H23N5O. The summed E-state index contributed by atoms with van der Waals surface area (Å²) in [6.45, 7) is 6.93. The minimum Gasteiger partial charge on any atom is -0.356 e. The van der Waals surface area contributed by atoms with Crippen molar-refractivity contribution in [2.75, 3.05) is 11.9 Å². The lowest BCUT2D eigenvalue weighted by atomic mass is 10.0. The lowest BCUT2D eigenvalue weighted by Gasteiger charge is -2.12. The van der Waals surface area contributed by atoms with Gasteiger partial charge in [0.1, 0.15) is 0 Å². The Morgan fingerprint density at radius 3 is 2.76 bits per heavy atom. The molecule has 6 heteroatoms. The van der Waals surface area contributed by atoms with Crippen molar-refractivity contribution in [1.29, 1.82) is 0 Å². The Morgan fingerprint density at radius 1 is 1.20 bits per heavy atom. The first kappa shape index (κ1) is 17.1. The fraction of sp³-hybridized carbons (Fsp3) is 0.368. The number of nitrogens with one attached hydrogen (secondary N) is 1. The second-order valence-electron chi connectivity index (χ2n) is 6.33. The molecule has 0 unspecified atom stereocenters. The van der Waals surface area contributed by atoms with E-state index in [1.54, 1.807) is 0 Å². The van der Waals surface area contributed by atoms with Gasteiger partial charge in [-0.15, -0.1) is 0 Å². The molecule has 0 atom stereocenters. The van der Waals surface area contributed by atoms with Crippen LogP contribution in [0.3, 0.4) is 0 Å². The molecule has 0 saturated heterocycles. The van der Waals surface area contributed by atoms with Gasteiger partial charge in [-0.25, -0.2) is 9.97 Å². The maximum atomic E-state index is 5.37. The molecule has 0 spiro atoms. The molecule has 25 heavy (non-hydrogen) atoms. The van der Waals surface area contributed by atoms with Crippen LogP contribution in [0, 0.1) is 6.92 Å². The van der Waals surface area contributed by atoms with Crippen LogP contribution in [-0.2, 0) is 6.42 Å². The van der Waals surface area contributed by atoms with Gasteiger partial charge >= 0.3 is 0 Å². The zero-order valence-electron chi connectivity index (χ0n) is 14.9. The van der Waals surface area contributed by atoms with Crippen molar-refractivity contribution >= 4 is 5.95 Å². The molecule has 6 nitrogen and oxygen atoms in total. The van der Waals surface area contributed by atoms with E-state index in [0.717, 1.165) is 42.0 Å². The van der Waals surface area contributed by atoms with Gasteiger partial charge < -0.3 is 9.84 Å². The van der Waals surface area contributed by atoms with E-state index in [-0.39, 0.29) is 5.92 Å². The van der Waals surface area contributed by atoms with Crippen LogP contribution in [-0.4, -0.2) is 26.7 Å². The van der Waals surface area contributed by atoms with E-state index >= 15 is 0 Å². The van der Waals surface area contributed by atoms with Crippen LogP contribution in [0.5, 0.6) is 0 Å². The number of aromatic nitrogens is 4. The minimum absolute atomic E-state index is 0.262. The van der Waals surface area contributed by atoms with Gasteiger partial charge in [-0.3, -0.25) is 4.98 Å². The largest absolute Gasteiger partial charge is 0.356 e. The van der Waals surface area contributed by atoms with Crippen LogP contribution < -0.4 is 5.32 Å². The Balaban J connectivity index is 1.65. The second-order valence-corrected chi connectivity index (χ2v) is 6.33. The summed E-state index contributed by atoms with van der Waals surface area (Å²) in [5, 5.41) is 7.25. The Kier molecular flexibility index (Phi) is 5.38. The molecule has 0 aliphatic carbocycles. The zero-order valence-corrected chi connectivity index (χ0v) is 14.9. The van der Waals surface area contributed by atoms with Crippen LogP contribution in [0.15, 0.2) is 41.2 Å². The SMILES string of the molecule is Cc1cc(-c2cnc(NCCCc3ccccn3)nc2C(C)C)on1. The summed E-state index contributed by atoms with van der Waals surface area (Å²) < 4.78 is 5.37. The summed E-state index contributed by atoms with van der Waals surface area (Å²) in [7, 11) is 0. The quantitative estimate of drug-likeness (QED) is 0.657. The highest BCUT2D eigenvalue weighted by molar-refractivity contribution is 5.61. The molecule has 3 aromatic rings. The predicted octanol–water partition coefficient (Wildman–Crippen LogP) is 4.00. The Labute approximate surface area is 147 Å². The first-order valence-electron chi connectivity index (χ1n) is 8.58. The number of nitrogens with zero attached hydrogens (tertiary/aromatic N) is 4. The molecule has 0 radical (unpaired) electrons. The lowest BCUT2D eigenvalue weighted by Crippen LogP contribution is -2.09. The Bertz CT molecular complexity index is 814.